The Bertz CT molecular complexity index is 802. The molecule has 1 fully saturated rings. The quantitative estimate of drug-likeness (QED) is 0.774. The number of esters is 1. The number of rotatable bonds is 6. The molecule has 0 saturated carbocycles. The third-order valence-electron chi connectivity index (χ3n) is 4.46. The number of ether oxygens (including phenoxy) is 2. The lowest BCUT2D eigenvalue weighted by Gasteiger charge is -2.26. The van der Waals surface area contributed by atoms with Gasteiger partial charge in [-0.05, 0) is 48.9 Å². The first kappa shape index (κ1) is 20.0. The third kappa shape index (κ3) is 5.61. The highest BCUT2D eigenvalue weighted by Gasteiger charge is 2.19. The van der Waals surface area contributed by atoms with Crippen LogP contribution < -0.4 is 5.32 Å². The van der Waals surface area contributed by atoms with Crippen LogP contribution in [0.3, 0.4) is 0 Å². The van der Waals surface area contributed by atoms with Crippen molar-refractivity contribution in [3.8, 4) is 0 Å². The highest BCUT2D eigenvalue weighted by atomic mass is 19.1. The van der Waals surface area contributed by atoms with Crippen LogP contribution in [0.2, 0.25) is 0 Å². The number of carbonyl (C=O) groups excluding carboxylic acids is 2. The van der Waals surface area contributed by atoms with E-state index in [0.29, 0.717) is 11.3 Å². The largest absolute Gasteiger partial charge is 0.449 e. The van der Waals surface area contributed by atoms with Crippen LogP contribution in [0.15, 0.2) is 48.5 Å². The third-order valence-corrected chi connectivity index (χ3v) is 4.46. The molecule has 1 aliphatic rings. The molecule has 28 heavy (non-hydrogen) atoms. The molecular weight excluding hydrogens is 363 g/mol. The first-order chi connectivity index (χ1) is 13.5. The van der Waals surface area contributed by atoms with Gasteiger partial charge < -0.3 is 14.8 Å². The zero-order valence-electron chi connectivity index (χ0n) is 15.7. The summed E-state index contributed by atoms with van der Waals surface area (Å²) in [5.74, 6) is -1.45. The lowest BCUT2D eigenvalue weighted by atomic mass is 10.1. The van der Waals surface area contributed by atoms with Gasteiger partial charge in [-0.15, -0.1) is 0 Å². The van der Waals surface area contributed by atoms with Crippen LogP contribution >= 0.6 is 0 Å². The lowest BCUT2D eigenvalue weighted by molar-refractivity contribution is -0.123. The van der Waals surface area contributed by atoms with Crippen LogP contribution in [0.4, 0.5) is 10.1 Å². The number of carbonyl (C=O) groups is 2. The van der Waals surface area contributed by atoms with E-state index >= 15 is 0 Å². The fraction of sp³-hybridized carbons (Fsp3) is 0.333. The molecule has 6 nitrogen and oxygen atoms in total. The topological polar surface area (TPSA) is 67.9 Å². The maximum Gasteiger partial charge on any atom is 0.338 e. The summed E-state index contributed by atoms with van der Waals surface area (Å²) in [6, 6.07) is 12.5. The van der Waals surface area contributed by atoms with Crippen molar-refractivity contribution in [2.24, 2.45) is 0 Å². The number of anilines is 1. The highest BCUT2D eigenvalue weighted by Crippen LogP contribution is 2.13. The summed E-state index contributed by atoms with van der Waals surface area (Å²) in [5, 5.41) is 2.58. The maximum atomic E-state index is 12.9. The molecule has 1 amide bonds. The predicted molar refractivity (Wildman–Crippen MR) is 102 cm³/mol. The van der Waals surface area contributed by atoms with E-state index in [1.54, 1.807) is 12.1 Å². The Hall–Kier alpha value is -2.77. The molecule has 2 aromatic carbocycles. The molecule has 0 aliphatic carbocycles. The average Bonchev–Trinajstić information content (AvgIpc) is 2.71. The molecule has 1 atom stereocenters. The normalized spacial score (nSPS) is 15.6. The minimum Gasteiger partial charge on any atom is -0.449 e. The van der Waals surface area contributed by atoms with Crippen molar-refractivity contribution in [3.63, 3.8) is 0 Å². The first-order valence-corrected chi connectivity index (χ1v) is 9.18. The Morgan fingerprint density at radius 2 is 1.75 bits per heavy atom. The summed E-state index contributed by atoms with van der Waals surface area (Å²) in [6.45, 7) is 5.55. The molecule has 1 aliphatic heterocycles. The van der Waals surface area contributed by atoms with Crippen molar-refractivity contribution in [3.05, 3.63) is 65.5 Å². The fourth-order valence-corrected chi connectivity index (χ4v) is 2.82. The van der Waals surface area contributed by atoms with Gasteiger partial charge in [-0.1, -0.05) is 12.1 Å². The van der Waals surface area contributed by atoms with Crippen molar-refractivity contribution in [1.29, 1.82) is 0 Å². The number of morpholine rings is 1. The molecule has 1 N–H and O–H groups in total. The molecule has 0 spiro atoms. The van der Waals surface area contributed by atoms with Gasteiger partial charge in [0, 0.05) is 25.3 Å². The second kappa shape index (κ2) is 9.43. The molecule has 7 heteroatoms. The number of hydrogen-bond acceptors (Lipinski definition) is 5. The van der Waals surface area contributed by atoms with Crippen molar-refractivity contribution in [1.82, 2.24) is 4.90 Å². The molecular formula is C21H23FN2O4. The van der Waals surface area contributed by atoms with E-state index in [2.05, 4.69) is 10.2 Å². The summed E-state index contributed by atoms with van der Waals surface area (Å²) >= 11 is 0. The summed E-state index contributed by atoms with van der Waals surface area (Å²) < 4.78 is 23.5. The number of nitrogens with zero attached hydrogens (tertiary/aromatic N) is 1. The van der Waals surface area contributed by atoms with Crippen LogP contribution in [0.5, 0.6) is 0 Å². The van der Waals surface area contributed by atoms with E-state index in [0.717, 1.165) is 38.4 Å². The van der Waals surface area contributed by atoms with Crippen LogP contribution in [-0.2, 0) is 20.8 Å². The summed E-state index contributed by atoms with van der Waals surface area (Å²) in [7, 11) is 0. The molecule has 2 aromatic rings. The summed E-state index contributed by atoms with van der Waals surface area (Å²) in [5.41, 5.74) is 1.91. The van der Waals surface area contributed by atoms with Crippen LogP contribution in [0, 0.1) is 5.82 Å². The lowest BCUT2D eigenvalue weighted by Crippen LogP contribution is -2.35. The highest BCUT2D eigenvalue weighted by molar-refractivity contribution is 5.97. The van der Waals surface area contributed by atoms with Crippen LogP contribution in [0.25, 0.3) is 0 Å². The average molecular weight is 386 g/mol. The minimum absolute atomic E-state index is 0.382. The van der Waals surface area contributed by atoms with Gasteiger partial charge in [0.1, 0.15) is 5.82 Å². The molecule has 0 bridgehead atoms. The van der Waals surface area contributed by atoms with Crippen molar-refractivity contribution in [2.75, 3.05) is 31.6 Å². The standard InChI is InChI=1S/C21H23FN2O4/c1-15(20(25)23-19-8-6-18(22)7-9-19)28-21(26)17-4-2-16(3-5-17)14-24-10-12-27-13-11-24/h2-9,15H,10-14H2,1H3,(H,23,25)/t15-/m0/s1. The van der Waals surface area contributed by atoms with Crippen molar-refractivity contribution >= 4 is 17.6 Å². The Labute approximate surface area is 163 Å². The van der Waals surface area contributed by atoms with E-state index in [-0.39, 0.29) is 0 Å². The van der Waals surface area contributed by atoms with Gasteiger partial charge in [0.15, 0.2) is 6.10 Å². The molecule has 148 valence electrons. The summed E-state index contributed by atoms with van der Waals surface area (Å²) in [6.07, 6.45) is -0.981. The van der Waals surface area contributed by atoms with Gasteiger partial charge in [-0.2, -0.15) is 0 Å². The Morgan fingerprint density at radius 3 is 2.39 bits per heavy atom. The number of halogens is 1. The zero-order valence-corrected chi connectivity index (χ0v) is 15.7. The molecule has 1 heterocycles. The monoisotopic (exact) mass is 386 g/mol. The van der Waals surface area contributed by atoms with E-state index in [4.69, 9.17) is 9.47 Å². The Kier molecular flexibility index (Phi) is 6.73. The Balaban J connectivity index is 1.51. The van der Waals surface area contributed by atoms with Crippen LogP contribution in [-0.4, -0.2) is 49.2 Å². The molecule has 3 rings (SSSR count). The van der Waals surface area contributed by atoms with E-state index in [1.165, 1.54) is 31.2 Å². The molecule has 0 unspecified atom stereocenters. The van der Waals surface area contributed by atoms with Gasteiger partial charge in [0.05, 0.1) is 18.8 Å². The molecule has 0 radical (unpaired) electrons. The Morgan fingerprint density at radius 1 is 1.11 bits per heavy atom. The van der Waals surface area contributed by atoms with Gasteiger partial charge >= 0.3 is 5.97 Å². The molecule has 1 saturated heterocycles. The van der Waals surface area contributed by atoms with Gasteiger partial charge in [-0.25, -0.2) is 9.18 Å². The van der Waals surface area contributed by atoms with E-state index in [1.807, 2.05) is 12.1 Å². The van der Waals surface area contributed by atoms with Crippen LogP contribution in [0.1, 0.15) is 22.8 Å². The number of hydrogen-bond donors (Lipinski definition) is 1. The number of amides is 1. The first-order valence-electron chi connectivity index (χ1n) is 9.18. The van der Waals surface area contributed by atoms with Gasteiger partial charge in [0.2, 0.25) is 0 Å². The van der Waals surface area contributed by atoms with Crippen molar-refractivity contribution < 1.29 is 23.5 Å². The maximum absolute atomic E-state index is 12.9. The SMILES string of the molecule is C[C@H](OC(=O)c1ccc(CN2CCOCC2)cc1)C(=O)Nc1ccc(F)cc1. The van der Waals surface area contributed by atoms with Gasteiger partial charge in [0.25, 0.3) is 5.91 Å². The second-order valence-electron chi connectivity index (χ2n) is 6.63. The zero-order chi connectivity index (χ0) is 19.9. The predicted octanol–water partition coefficient (Wildman–Crippen LogP) is 2.84. The molecule has 0 aromatic heterocycles. The van der Waals surface area contributed by atoms with Crippen molar-refractivity contribution in [2.45, 2.75) is 19.6 Å². The van der Waals surface area contributed by atoms with E-state index in [9.17, 15) is 14.0 Å². The number of benzene rings is 2. The van der Waals surface area contributed by atoms with Gasteiger partial charge in [-0.3, -0.25) is 9.69 Å². The second-order valence-corrected chi connectivity index (χ2v) is 6.63. The fourth-order valence-electron chi connectivity index (χ4n) is 2.82. The minimum atomic E-state index is -0.981. The number of nitrogens with one attached hydrogen (secondary N) is 1. The smallest absolute Gasteiger partial charge is 0.338 e. The summed E-state index contributed by atoms with van der Waals surface area (Å²) in [4.78, 5) is 26.7. The van der Waals surface area contributed by atoms with E-state index < -0.39 is 23.8 Å².